The first-order valence-electron chi connectivity index (χ1n) is 6.01. The van der Waals surface area contributed by atoms with Crippen LogP contribution in [0.15, 0.2) is 23.4 Å². The van der Waals surface area contributed by atoms with Crippen LogP contribution < -0.4 is 11.1 Å². The molecule has 0 aliphatic heterocycles. The number of halogens is 1. The van der Waals surface area contributed by atoms with Crippen molar-refractivity contribution in [3.05, 3.63) is 35.1 Å². The highest BCUT2D eigenvalue weighted by molar-refractivity contribution is 5.97. The molecule has 1 aromatic rings. The van der Waals surface area contributed by atoms with Crippen molar-refractivity contribution in [3.8, 4) is 0 Å². The Morgan fingerprint density at radius 2 is 2.22 bits per heavy atom. The van der Waals surface area contributed by atoms with Gasteiger partial charge in [0.05, 0.1) is 0 Å². The number of hydrogen-bond acceptors (Lipinski definition) is 3. The maximum Gasteiger partial charge on any atom is 0.170 e. The van der Waals surface area contributed by atoms with Gasteiger partial charge in [-0.05, 0) is 24.9 Å². The molecule has 18 heavy (non-hydrogen) atoms. The van der Waals surface area contributed by atoms with Crippen molar-refractivity contribution in [2.24, 2.45) is 16.8 Å². The molecule has 0 amide bonds. The van der Waals surface area contributed by atoms with Gasteiger partial charge in [0.15, 0.2) is 5.84 Å². The standard InChI is InChI=1S/C13H20FN3O/c1-9(2)5-6-16-8-11-4-3-10(7-12(11)14)13(15)17-18/h3-4,7,9,16,18H,5-6,8H2,1-2H3,(H2,15,17). The molecule has 0 saturated carbocycles. The first kappa shape index (κ1) is 14.4. The molecule has 0 aliphatic rings. The number of oxime groups is 1. The molecule has 0 fully saturated rings. The molecule has 0 spiro atoms. The van der Waals surface area contributed by atoms with Gasteiger partial charge in [-0.2, -0.15) is 0 Å². The highest BCUT2D eigenvalue weighted by atomic mass is 19.1. The molecule has 0 saturated heterocycles. The molecule has 0 heterocycles. The lowest BCUT2D eigenvalue weighted by molar-refractivity contribution is 0.318. The van der Waals surface area contributed by atoms with E-state index in [2.05, 4.69) is 24.3 Å². The van der Waals surface area contributed by atoms with E-state index < -0.39 is 0 Å². The van der Waals surface area contributed by atoms with Crippen LogP contribution in [0.5, 0.6) is 0 Å². The summed E-state index contributed by atoms with van der Waals surface area (Å²) in [5.41, 5.74) is 6.34. The zero-order valence-corrected chi connectivity index (χ0v) is 10.8. The van der Waals surface area contributed by atoms with E-state index in [1.165, 1.54) is 6.07 Å². The Kier molecular flexibility index (Phi) is 5.58. The highest BCUT2D eigenvalue weighted by Crippen LogP contribution is 2.10. The van der Waals surface area contributed by atoms with Crippen molar-refractivity contribution in [2.45, 2.75) is 26.8 Å². The lowest BCUT2D eigenvalue weighted by atomic mass is 10.1. The molecule has 4 nitrogen and oxygen atoms in total. The molecule has 0 unspecified atom stereocenters. The largest absolute Gasteiger partial charge is 0.409 e. The lowest BCUT2D eigenvalue weighted by Gasteiger charge is -2.08. The second kappa shape index (κ2) is 6.96. The van der Waals surface area contributed by atoms with Gasteiger partial charge >= 0.3 is 0 Å². The van der Waals surface area contributed by atoms with Gasteiger partial charge in [-0.15, -0.1) is 0 Å². The van der Waals surface area contributed by atoms with Crippen molar-refractivity contribution in [1.29, 1.82) is 0 Å². The minimum absolute atomic E-state index is 0.0896. The molecule has 0 atom stereocenters. The number of hydrogen-bond donors (Lipinski definition) is 3. The Morgan fingerprint density at radius 3 is 2.78 bits per heavy atom. The van der Waals surface area contributed by atoms with E-state index in [4.69, 9.17) is 10.9 Å². The van der Waals surface area contributed by atoms with E-state index in [9.17, 15) is 4.39 Å². The van der Waals surface area contributed by atoms with E-state index in [1.807, 2.05) is 0 Å². The Balaban J connectivity index is 2.58. The molecule has 4 N–H and O–H groups in total. The molecule has 0 bridgehead atoms. The van der Waals surface area contributed by atoms with E-state index in [-0.39, 0.29) is 11.7 Å². The normalized spacial score (nSPS) is 12.1. The molecule has 1 aromatic carbocycles. The monoisotopic (exact) mass is 253 g/mol. The van der Waals surface area contributed by atoms with Crippen LogP contribution in [-0.4, -0.2) is 17.6 Å². The molecule has 5 heteroatoms. The topological polar surface area (TPSA) is 70.6 Å². The van der Waals surface area contributed by atoms with Gasteiger partial charge in [0.25, 0.3) is 0 Å². The van der Waals surface area contributed by atoms with Crippen LogP contribution >= 0.6 is 0 Å². The number of nitrogens with zero attached hydrogens (tertiary/aromatic N) is 1. The average Bonchev–Trinajstić information content (AvgIpc) is 2.34. The minimum Gasteiger partial charge on any atom is -0.409 e. The van der Waals surface area contributed by atoms with Gasteiger partial charge in [-0.3, -0.25) is 0 Å². The van der Waals surface area contributed by atoms with Crippen molar-refractivity contribution in [1.82, 2.24) is 5.32 Å². The predicted molar refractivity (Wildman–Crippen MR) is 70.1 cm³/mol. The van der Waals surface area contributed by atoms with Crippen LogP contribution in [0.25, 0.3) is 0 Å². The first-order valence-corrected chi connectivity index (χ1v) is 6.01. The summed E-state index contributed by atoms with van der Waals surface area (Å²) < 4.78 is 13.7. The summed E-state index contributed by atoms with van der Waals surface area (Å²) in [5.74, 6) is 0.189. The molecular formula is C13H20FN3O. The fourth-order valence-electron chi connectivity index (χ4n) is 1.52. The minimum atomic E-state index is -0.351. The van der Waals surface area contributed by atoms with Crippen LogP contribution in [-0.2, 0) is 6.54 Å². The summed E-state index contributed by atoms with van der Waals surface area (Å²) in [5, 5.41) is 14.5. The quantitative estimate of drug-likeness (QED) is 0.239. The van der Waals surface area contributed by atoms with Gasteiger partial charge in [0, 0.05) is 17.7 Å². The zero-order chi connectivity index (χ0) is 13.5. The lowest BCUT2D eigenvalue weighted by Crippen LogP contribution is -2.18. The third-order valence-corrected chi connectivity index (χ3v) is 2.67. The van der Waals surface area contributed by atoms with Crippen molar-refractivity contribution in [2.75, 3.05) is 6.54 Å². The summed E-state index contributed by atoms with van der Waals surface area (Å²) in [7, 11) is 0. The summed E-state index contributed by atoms with van der Waals surface area (Å²) in [4.78, 5) is 0. The van der Waals surface area contributed by atoms with Crippen LogP contribution in [0.3, 0.4) is 0 Å². The number of amidine groups is 1. The second-order valence-electron chi connectivity index (χ2n) is 4.65. The number of rotatable bonds is 6. The maximum absolute atomic E-state index is 13.7. The van der Waals surface area contributed by atoms with Crippen LogP contribution in [0.2, 0.25) is 0 Å². The number of nitrogens with two attached hydrogens (primary N) is 1. The van der Waals surface area contributed by atoms with Gasteiger partial charge in [-0.1, -0.05) is 31.1 Å². The fraction of sp³-hybridized carbons (Fsp3) is 0.462. The highest BCUT2D eigenvalue weighted by Gasteiger charge is 2.06. The third-order valence-electron chi connectivity index (χ3n) is 2.67. The number of nitrogens with one attached hydrogen (secondary N) is 1. The molecule has 0 radical (unpaired) electrons. The smallest absolute Gasteiger partial charge is 0.170 e. The van der Waals surface area contributed by atoms with Gasteiger partial charge < -0.3 is 16.3 Å². The Morgan fingerprint density at radius 1 is 1.50 bits per heavy atom. The van der Waals surface area contributed by atoms with E-state index >= 15 is 0 Å². The number of benzene rings is 1. The van der Waals surface area contributed by atoms with Crippen LogP contribution in [0.4, 0.5) is 4.39 Å². The van der Waals surface area contributed by atoms with Gasteiger partial charge in [0.1, 0.15) is 5.82 Å². The third kappa shape index (κ3) is 4.33. The average molecular weight is 253 g/mol. The molecule has 1 rings (SSSR count). The van der Waals surface area contributed by atoms with E-state index in [1.54, 1.807) is 12.1 Å². The summed E-state index contributed by atoms with van der Waals surface area (Å²) in [6, 6.07) is 4.55. The fourth-order valence-corrected chi connectivity index (χ4v) is 1.52. The molecule has 100 valence electrons. The summed E-state index contributed by atoms with van der Waals surface area (Å²) in [6.07, 6.45) is 1.06. The summed E-state index contributed by atoms with van der Waals surface area (Å²) in [6.45, 7) is 5.64. The van der Waals surface area contributed by atoms with Crippen molar-refractivity contribution < 1.29 is 9.60 Å². The van der Waals surface area contributed by atoms with Crippen molar-refractivity contribution in [3.63, 3.8) is 0 Å². The molecule has 0 aliphatic carbocycles. The first-order chi connectivity index (χ1) is 8.54. The maximum atomic E-state index is 13.7. The Bertz CT molecular complexity index is 419. The molecule has 0 aromatic heterocycles. The van der Waals surface area contributed by atoms with E-state index in [0.29, 0.717) is 23.6 Å². The Labute approximate surface area is 107 Å². The predicted octanol–water partition coefficient (Wildman–Crippen LogP) is 2.06. The van der Waals surface area contributed by atoms with Crippen molar-refractivity contribution >= 4 is 5.84 Å². The van der Waals surface area contributed by atoms with Crippen LogP contribution in [0.1, 0.15) is 31.4 Å². The van der Waals surface area contributed by atoms with Gasteiger partial charge in [0.2, 0.25) is 0 Å². The van der Waals surface area contributed by atoms with Crippen LogP contribution in [0, 0.1) is 11.7 Å². The van der Waals surface area contributed by atoms with E-state index in [0.717, 1.165) is 13.0 Å². The van der Waals surface area contributed by atoms with Gasteiger partial charge in [-0.25, -0.2) is 4.39 Å². The molecular weight excluding hydrogens is 233 g/mol. The summed E-state index contributed by atoms with van der Waals surface area (Å²) >= 11 is 0. The second-order valence-corrected chi connectivity index (χ2v) is 4.65. The SMILES string of the molecule is CC(C)CCNCc1ccc(C(N)=NO)cc1F. The Hall–Kier alpha value is -1.62. The zero-order valence-electron chi connectivity index (χ0n) is 10.8.